The molecule has 0 aliphatic carbocycles. The maximum absolute atomic E-state index is 5.60. The molecule has 0 fully saturated rings. The van der Waals surface area contributed by atoms with Gasteiger partial charge in [-0.2, -0.15) is 0 Å². The van der Waals surface area contributed by atoms with Gasteiger partial charge in [0.25, 0.3) is 0 Å². The summed E-state index contributed by atoms with van der Waals surface area (Å²) >= 11 is 0. The second kappa shape index (κ2) is 1.91. The Morgan fingerprint density at radius 3 is 3.18 bits per heavy atom. The fourth-order valence-corrected chi connectivity index (χ4v) is 1.08. The number of hydrogen-bond acceptors (Lipinski definition) is 3. The van der Waals surface area contributed by atoms with Crippen LogP contribution in [0, 0.1) is 0 Å². The highest BCUT2D eigenvalue weighted by Gasteiger charge is 2.03. The number of nitrogen functional groups attached to an aromatic ring is 1. The molecule has 0 saturated heterocycles. The Bertz CT molecular complexity index is 375. The van der Waals surface area contributed by atoms with E-state index >= 15 is 0 Å². The molecule has 0 aromatic carbocycles. The lowest BCUT2D eigenvalue weighted by Crippen LogP contribution is -2.14. The molecule has 0 aliphatic heterocycles. The summed E-state index contributed by atoms with van der Waals surface area (Å²) in [5.41, 5.74) is 6.52. The molecule has 5 heteroatoms. The first-order chi connectivity index (χ1) is 5.33. The van der Waals surface area contributed by atoms with Gasteiger partial charge in [0.05, 0.1) is 11.7 Å². The van der Waals surface area contributed by atoms with Gasteiger partial charge in [0.1, 0.15) is 13.4 Å². The Kier molecular flexibility index (Phi) is 1.06. The predicted octanol–water partition coefficient (Wildman–Crippen LogP) is -0.224. The number of anilines is 1. The van der Waals surface area contributed by atoms with Gasteiger partial charge in [-0.25, -0.2) is 9.50 Å². The molecule has 11 heavy (non-hydrogen) atoms. The number of aromatic nitrogens is 3. The van der Waals surface area contributed by atoms with Crippen LogP contribution in [-0.4, -0.2) is 21.5 Å². The fraction of sp³-hybridized carbons (Fsp3) is 0.167. The number of hydrogen-bond donors (Lipinski definition) is 1. The summed E-state index contributed by atoms with van der Waals surface area (Å²) in [5.74, 6) is 0.560. The van der Waals surface area contributed by atoms with Crippen molar-refractivity contribution in [2.24, 2.45) is 0 Å². The van der Waals surface area contributed by atoms with Gasteiger partial charge in [0.2, 0.25) is 0 Å². The van der Waals surface area contributed by atoms with Crippen LogP contribution in [0.3, 0.4) is 0 Å². The fourth-order valence-electron chi connectivity index (χ4n) is 1.08. The van der Waals surface area contributed by atoms with E-state index in [1.807, 2.05) is 0 Å². The first kappa shape index (κ1) is 6.09. The van der Waals surface area contributed by atoms with Crippen molar-refractivity contribution in [1.29, 1.82) is 0 Å². The summed E-state index contributed by atoms with van der Waals surface area (Å²) in [5, 5.41) is 0. The van der Waals surface area contributed by atoms with Crippen molar-refractivity contribution < 1.29 is 4.84 Å². The SMILES string of the molecule is COn1c(N)cc2cncn21. The highest BCUT2D eigenvalue weighted by atomic mass is 16.7. The standard InChI is InChI=1S/C6H8N4O/c1-11-10-6(7)2-5-3-8-4-9(5)10/h2-4H,7H2,1H3. The first-order valence-corrected chi connectivity index (χ1v) is 3.17. The van der Waals surface area contributed by atoms with Crippen molar-refractivity contribution in [3.05, 3.63) is 18.6 Å². The molecule has 2 N–H and O–H groups in total. The number of imidazole rings is 1. The van der Waals surface area contributed by atoms with Gasteiger partial charge in [0.15, 0.2) is 5.82 Å². The summed E-state index contributed by atoms with van der Waals surface area (Å²) in [6.07, 6.45) is 3.35. The summed E-state index contributed by atoms with van der Waals surface area (Å²) in [4.78, 5) is 10.3. The first-order valence-electron chi connectivity index (χ1n) is 3.17. The monoisotopic (exact) mass is 152 g/mol. The van der Waals surface area contributed by atoms with Crippen molar-refractivity contribution in [3.8, 4) is 0 Å². The molecular weight excluding hydrogens is 144 g/mol. The smallest absolute Gasteiger partial charge is 0.162 e. The van der Waals surface area contributed by atoms with Crippen LogP contribution in [0.5, 0.6) is 0 Å². The van der Waals surface area contributed by atoms with Crippen LogP contribution in [0.15, 0.2) is 18.6 Å². The minimum atomic E-state index is 0.560. The number of nitrogens with zero attached hydrogens (tertiary/aromatic N) is 3. The van der Waals surface area contributed by atoms with Crippen LogP contribution in [-0.2, 0) is 0 Å². The number of rotatable bonds is 1. The average Bonchev–Trinajstić information content (AvgIpc) is 2.46. The van der Waals surface area contributed by atoms with Gasteiger partial charge in [-0.05, 0) is 0 Å². The minimum Gasteiger partial charge on any atom is -0.399 e. The van der Waals surface area contributed by atoms with E-state index in [1.165, 1.54) is 4.85 Å². The van der Waals surface area contributed by atoms with Gasteiger partial charge in [-0.3, -0.25) is 0 Å². The van der Waals surface area contributed by atoms with Crippen LogP contribution in [0.4, 0.5) is 5.82 Å². The van der Waals surface area contributed by atoms with Crippen molar-refractivity contribution in [1.82, 2.24) is 14.3 Å². The largest absolute Gasteiger partial charge is 0.399 e. The van der Waals surface area contributed by atoms with Gasteiger partial charge in [-0.15, -0.1) is 0 Å². The van der Waals surface area contributed by atoms with E-state index in [0.29, 0.717) is 5.82 Å². The molecule has 0 amide bonds. The van der Waals surface area contributed by atoms with Gasteiger partial charge < -0.3 is 10.6 Å². The number of nitrogens with two attached hydrogens (primary N) is 1. The maximum Gasteiger partial charge on any atom is 0.162 e. The second-order valence-corrected chi connectivity index (χ2v) is 2.19. The zero-order chi connectivity index (χ0) is 7.84. The topological polar surface area (TPSA) is 57.5 Å². The van der Waals surface area contributed by atoms with Gasteiger partial charge in [0, 0.05) is 6.07 Å². The molecule has 0 aliphatic rings. The third-order valence-electron chi connectivity index (χ3n) is 1.53. The summed E-state index contributed by atoms with van der Waals surface area (Å²) < 4.78 is 1.72. The molecule has 0 radical (unpaired) electrons. The Morgan fingerprint density at radius 1 is 1.64 bits per heavy atom. The Hall–Kier alpha value is -1.65. The van der Waals surface area contributed by atoms with Gasteiger partial charge >= 0.3 is 0 Å². The lowest BCUT2D eigenvalue weighted by Gasteiger charge is -2.02. The molecule has 2 aromatic rings. The zero-order valence-corrected chi connectivity index (χ0v) is 6.06. The summed E-state index contributed by atoms with van der Waals surface area (Å²) in [6, 6.07) is 1.79. The molecule has 5 nitrogen and oxygen atoms in total. The van der Waals surface area contributed by atoms with Crippen molar-refractivity contribution in [3.63, 3.8) is 0 Å². The lowest BCUT2D eigenvalue weighted by atomic mass is 10.5. The van der Waals surface area contributed by atoms with E-state index in [4.69, 9.17) is 10.6 Å². The van der Waals surface area contributed by atoms with Crippen LogP contribution in [0.1, 0.15) is 0 Å². The molecule has 58 valence electrons. The Morgan fingerprint density at radius 2 is 2.45 bits per heavy atom. The van der Waals surface area contributed by atoms with Crippen LogP contribution in [0.2, 0.25) is 0 Å². The maximum atomic E-state index is 5.60. The summed E-state index contributed by atoms with van der Waals surface area (Å²) in [7, 11) is 1.55. The molecule has 2 rings (SSSR count). The van der Waals surface area contributed by atoms with Crippen molar-refractivity contribution >= 4 is 11.3 Å². The van der Waals surface area contributed by atoms with E-state index in [-0.39, 0.29) is 0 Å². The van der Waals surface area contributed by atoms with E-state index in [2.05, 4.69) is 4.98 Å². The number of fused-ring (bicyclic) bond motifs is 1. The molecule has 0 spiro atoms. The zero-order valence-electron chi connectivity index (χ0n) is 6.06. The lowest BCUT2D eigenvalue weighted by molar-refractivity contribution is 0.129. The molecule has 0 saturated carbocycles. The quantitative estimate of drug-likeness (QED) is 0.614. The van der Waals surface area contributed by atoms with Gasteiger partial charge in [-0.1, -0.05) is 4.85 Å². The van der Waals surface area contributed by atoms with Crippen LogP contribution in [0.25, 0.3) is 5.52 Å². The average molecular weight is 152 g/mol. The molecule has 0 bridgehead atoms. The van der Waals surface area contributed by atoms with Crippen molar-refractivity contribution in [2.75, 3.05) is 12.8 Å². The molecular formula is C6H8N4O. The highest BCUT2D eigenvalue weighted by Crippen LogP contribution is 2.09. The Balaban J connectivity index is 2.80. The minimum absolute atomic E-state index is 0.560. The molecule has 0 unspecified atom stereocenters. The highest BCUT2D eigenvalue weighted by molar-refractivity contribution is 5.52. The molecule has 2 heterocycles. The Labute approximate surface area is 62.9 Å². The van der Waals surface area contributed by atoms with E-state index in [1.54, 1.807) is 30.2 Å². The third-order valence-corrected chi connectivity index (χ3v) is 1.53. The predicted molar refractivity (Wildman–Crippen MR) is 40.1 cm³/mol. The van der Waals surface area contributed by atoms with Crippen LogP contribution < -0.4 is 10.6 Å². The second-order valence-electron chi connectivity index (χ2n) is 2.19. The molecule has 2 aromatic heterocycles. The van der Waals surface area contributed by atoms with E-state index in [9.17, 15) is 0 Å². The molecule has 0 atom stereocenters. The van der Waals surface area contributed by atoms with Crippen molar-refractivity contribution in [2.45, 2.75) is 0 Å². The van der Waals surface area contributed by atoms with Crippen LogP contribution >= 0.6 is 0 Å². The normalized spacial score (nSPS) is 10.6. The van der Waals surface area contributed by atoms with E-state index < -0.39 is 0 Å². The van der Waals surface area contributed by atoms with E-state index in [0.717, 1.165) is 5.52 Å². The third kappa shape index (κ3) is 0.674. The summed E-state index contributed by atoms with van der Waals surface area (Å²) in [6.45, 7) is 0.